The highest BCUT2D eigenvalue weighted by Crippen LogP contribution is 2.47. The highest BCUT2D eigenvalue weighted by Gasteiger charge is 2.58. The predicted molar refractivity (Wildman–Crippen MR) is 400 cm³/mol. The zero-order chi connectivity index (χ0) is 82.9. The molecule has 2 N–H and O–H groups in total. The van der Waals surface area contributed by atoms with E-state index < -0.39 is 229 Å². The summed E-state index contributed by atoms with van der Waals surface area (Å²) >= 11 is 0. The summed E-state index contributed by atoms with van der Waals surface area (Å²) in [4.78, 5) is 198. The van der Waals surface area contributed by atoms with Gasteiger partial charge in [-0.1, -0.05) is 58.6 Å². The van der Waals surface area contributed by atoms with Crippen LogP contribution >= 0.6 is 0 Å². The van der Waals surface area contributed by atoms with Crippen molar-refractivity contribution >= 4 is 70.9 Å². The standard InChI is InChI=1S/C80H122F8N12O13/c1-11-24-57-68(103)90-66(48(4)12-2)75(110)98-40-22-28-59(98)71(106)93(7)58-27-16-14-21-39-99(74(58)109)61(43-49-29-32-52(33-30-49)79(83,84)85)70(105)91(5)47-63(101)89-56(34-31-50-41-54(81)65(55(82)42-50)80(86,87)88)69(104)100-46-53(113-13-3)44-62(100)72(107)96(10)78(35-23-36-78)77(112)95(9)67(51-25-17-18-26-51)76(111)94(8)60(45-64(102)92(57)6)73(108)97-37-19-15-20-38-97/h14,16,48-62,65-67H,11-13,15,17-47H2,1-10H3,(H,89,101)(H,90,103)/b16-14-/t48-,49?,50?,52?,53+,54?,55?,56-,57-,58-,59-,60-,61-,62-,65?,66-,67-/m0/s1. The minimum atomic E-state index is -5.22. The van der Waals surface area contributed by atoms with Crippen molar-refractivity contribution in [3.05, 3.63) is 12.2 Å². The van der Waals surface area contributed by atoms with Crippen molar-refractivity contribution in [2.45, 2.75) is 298 Å². The van der Waals surface area contributed by atoms with Crippen molar-refractivity contribution in [3.8, 4) is 0 Å². The summed E-state index contributed by atoms with van der Waals surface area (Å²) in [5.41, 5.74) is -1.64. The van der Waals surface area contributed by atoms with Gasteiger partial charge in [-0.25, -0.2) is 8.78 Å². The molecular formula is C80H122F8N12O13. The number of hydrogen-bond donors (Lipinski definition) is 2. The molecule has 8 fully saturated rings. The number of amides is 12. The molecule has 0 radical (unpaired) electrons. The van der Waals surface area contributed by atoms with Crippen LogP contribution in [0.5, 0.6) is 0 Å². The van der Waals surface area contributed by atoms with Crippen LogP contribution in [0.25, 0.3) is 0 Å². The topological polar surface area (TPSA) is 271 Å². The lowest BCUT2D eigenvalue weighted by Gasteiger charge is -2.51. The number of halogens is 8. The van der Waals surface area contributed by atoms with Crippen LogP contribution < -0.4 is 10.6 Å². The summed E-state index contributed by atoms with van der Waals surface area (Å²) in [6.45, 7) is 6.59. The van der Waals surface area contributed by atoms with E-state index in [-0.39, 0.29) is 110 Å². The first-order valence-electron chi connectivity index (χ1n) is 41.5. The van der Waals surface area contributed by atoms with E-state index in [1.807, 2.05) is 13.8 Å². The fraction of sp³-hybridized carbons (Fsp3) is 0.825. The molecule has 4 saturated carbocycles. The molecule has 4 saturated heterocycles. The monoisotopic (exact) mass is 1610 g/mol. The van der Waals surface area contributed by atoms with Gasteiger partial charge in [-0.3, -0.25) is 57.5 Å². The Kier molecular flexibility index (Phi) is 30.7. The zero-order valence-electron chi connectivity index (χ0n) is 67.6. The third kappa shape index (κ3) is 20.4. The summed E-state index contributed by atoms with van der Waals surface area (Å²) in [5, 5.41) is 5.62. The number of likely N-dealkylation sites (tertiary alicyclic amines) is 1. The maximum absolute atomic E-state index is 15.9. The van der Waals surface area contributed by atoms with E-state index in [0.717, 1.165) is 16.2 Å². The lowest BCUT2D eigenvalue weighted by Crippen LogP contribution is -2.68. The zero-order valence-corrected chi connectivity index (χ0v) is 67.6. The summed E-state index contributed by atoms with van der Waals surface area (Å²) in [5.74, 6) is -16.0. The molecule has 5 heterocycles. The molecule has 636 valence electrons. The highest BCUT2D eigenvalue weighted by molar-refractivity contribution is 6.01. The first-order valence-corrected chi connectivity index (χ1v) is 41.5. The third-order valence-corrected chi connectivity index (χ3v) is 26.6. The van der Waals surface area contributed by atoms with Gasteiger partial charge < -0.3 is 64.4 Å². The molecule has 0 aromatic heterocycles. The van der Waals surface area contributed by atoms with E-state index in [4.69, 9.17) is 4.74 Å². The number of alkyl halides is 8. The van der Waals surface area contributed by atoms with E-state index >= 15 is 61.5 Å². The van der Waals surface area contributed by atoms with Gasteiger partial charge in [0.05, 0.1) is 25.0 Å². The molecule has 1 spiro atoms. The minimum Gasteiger partial charge on any atom is -0.377 e. The van der Waals surface area contributed by atoms with Crippen LogP contribution in [0, 0.1) is 35.5 Å². The third-order valence-electron chi connectivity index (χ3n) is 26.6. The Balaban J connectivity index is 1.13. The maximum Gasteiger partial charge on any atom is 0.397 e. The number of hydrogen-bond acceptors (Lipinski definition) is 13. The second kappa shape index (κ2) is 38.7. The summed E-state index contributed by atoms with van der Waals surface area (Å²) < 4.78 is 122. The molecule has 113 heavy (non-hydrogen) atoms. The molecule has 2 bridgehead atoms. The minimum absolute atomic E-state index is 0.00310. The molecule has 13 atom stereocenters. The summed E-state index contributed by atoms with van der Waals surface area (Å²) in [6.07, 6.45) is -9.76. The number of fused-ring (bicyclic) bond motifs is 4. The number of piperidine rings is 1. The normalized spacial score (nSPS) is 33.1. The molecule has 0 aromatic rings. The highest BCUT2D eigenvalue weighted by atomic mass is 19.4. The molecule has 5 aliphatic heterocycles. The van der Waals surface area contributed by atoms with Crippen molar-refractivity contribution in [1.82, 2.24) is 59.6 Å². The Morgan fingerprint density at radius 3 is 1.83 bits per heavy atom. The summed E-state index contributed by atoms with van der Waals surface area (Å²) in [6, 6.07) is -12.4. The van der Waals surface area contributed by atoms with Gasteiger partial charge in [0.1, 0.15) is 78.2 Å². The lowest BCUT2D eigenvalue weighted by molar-refractivity contribution is -0.219. The van der Waals surface area contributed by atoms with Gasteiger partial charge in [0.25, 0.3) is 0 Å². The van der Waals surface area contributed by atoms with E-state index in [2.05, 4.69) is 10.6 Å². The van der Waals surface area contributed by atoms with Crippen LogP contribution in [-0.4, -0.2) is 299 Å². The number of likely N-dealkylation sites (N-methyl/N-ethyl adjacent to an activating group) is 6. The number of rotatable bonds is 13. The van der Waals surface area contributed by atoms with Crippen LogP contribution in [0.4, 0.5) is 35.1 Å². The van der Waals surface area contributed by atoms with Crippen molar-refractivity contribution in [2.24, 2.45) is 35.5 Å². The molecule has 33 heteroatoms. The SMILES string of the molecule is CCC[C@H]1C(=O)N[C@@H]([C@@H](C)CC)C(=O)N2CCC[C@H]2C(=O)N(C)[C@H]2C/C=C\CCN(C2=O)[C@@H](CC2CCC(C(F)(F)F)CC2)C(=O)N(C)CC(=O)N[C@@H](CCC2CC(F)C(C(F)(F)F)C(F)C2)C(=O)N2C[C@H](OCC)C[C@H]2C(=O)N(C)C2(CCC2)C(=O)N(C)[C@@H](C2CCCC2)C(=O)N(C)[C@H](C(=O)N2CCCCC2)CC(=O)N1C. The van der Waals surface area contributed by atoms with Gasteiger partial charge in [-0.15, -0.1) is 0 Å². The number of nitrogens with one attached hydrogen (secondary N) is 2. The smallest absolute Gasteiger partial charge is 0.377 e. The Labute approximate surface area is 659 Å². The molecule has 0 aromatic carbocycles. The average Bonchev–Trinajstić information content (AvgIpc) is 1.70. The van der Waals surface area contributed by atoms with Gasteiger partial charge in [0.2, 0.25) is 70.9 Å². The Hall–Kier alpha value is -7.22. The van der Waals surface area contributed by atoms with Crippen molar-refractivity contribution in [3.63, 3.8) is 0 Å². The molecule has 9 aliphatic rings. The van der Waals surface area contributed by atoms with E-state index in [1.165, 1.54) is 76.6 Å². The second-order valence-corrected chi connectivity index (χ2v) is 33.8. The molecule has 9 rings (SSSR count). The largest absolute Gasteiger partial charge is 0.397 e. The van der Waals surface area contributed by atoms with Crippen LogP contribution in [0.15, 0.2) is 12.2 Å². The molecule has 4 aliphatic carbocycles. The Bertz CT molecular complexity index is 3410. The van der Waals surface area contributed by atoms with Gasteiger partial charge in [-0.05, 0) is 172 Å². The fourth-order valence-electron chi connectivity index (χ4n) is 19.3. The van der Waals surface area contributed by atoms with Gasteiger partial charge >= 0.3 is 12.4 Å². The Morgan fingerprint density at radius 2 is 1.24 bits per heavy atom. The number of carbonyl (C=O) groups excluding carboxylic acids is 12. The number of ether oxygens (including phenoxy) is 1. The first kappa shape index (κ1) is 89.7. The van der Waals surface area contributed by atoms with Crippen molar-refractivity contribution in [1.29, 1.82) is 0 Å². The molecule has 12 amide bonds. The van der Waals surface area contributed by atoms with Gasteiger partial charge in [0.15, 0.2) is 0 Å². The van der Waals surface area contributed by atoms with Gasteiger partial charge in [-0.2, -0.15) is 26.3 Å². The molecule has 2 unspecified atom stereocenters. The maximum atomic E-state index is 15.9. The Morgan fingerprint density at radius 1 is 0.584 bits per heavy atom. The van der Waals surface area contributed by atoms with Crippen LogP contribution in [0.2, 0.25) is 0 Å². The van der Waals surface area contributed by atoms with Crippen molar-refractivity contribution in [2.75, 3.05) is 88.2 Å². The molecule has 25 nitrogen and oxygen atoms in total. The van der Waals surface area contributed by atoms with Crippen molar-refractivity contribution < 1.29 is 97.4 Å². The summed E-state index contributed by atoms with van der Waals surface area (Å²) in [7, 11) is 8.33. The predicted octanol–water partition coefficient (Wildman–Crippen LogP) is 7.90. The average molecular weight is 1610 g/mol. The number of carbonyl (C=O) groups is 12. The van der Waals surface area contributed by atoms with Crippen LogP contribution in [-0.2, 0) is 62.3 Å². The fourth-order valence-corrected chi connectivity index (χ4v) is 19.3. The van der Waals surface area contributed by atoms with E-state index in [9.17, 15) is 31.1 Å². The number of nitrogens with zero attached hydrogens (tertiary/aromatic N) is 10. The van der Waals surface area contributed by atoms with Gasteiger partial charge in [0, 0.05) is 88.0 Å². The first-order chi connectivity index (χ1) is 53.4. The molecular weight excluding hydrogens is 1490 g/mol. The van der Waals surface area contributed by atoms with Crippen LogP contribution in [0.1, 0.15) is 207 Å². The lowest BCUT2D eigenvalue weighted by atomic mass is 9.73. The van der Waals surface area contributed by atoms with E-state index in [0.29, 0.717) is 77.3 Å². The van der Waals surface area contributed by atoms with Crippen LogP contribution in [0.3, 0.4) is 0 Å². The quantitative estimate of drug-likeness (QED) is 0.131. The second-order valence-electron chi connectivity index (χ2n) is 33.8. The van der Waals surface area contributed by atoms with E-state index in [1.54, 1.807) is 30.9 Å².